The van der Waals surface area contributed by atoms with E-state index >= 15 is 0 Å². The standard InChI is InChI=1S/C22H25N3O3/c1-15(20-24-18-5-3-4-6-19(18)25-20)23-21(26)22(11-13-28-14-12-22)16-7-9-17(27-2)10-8-16/h3-10,15H,11-14H2,1-2H3,(H,23,26)(H,24,25)/t15-/m0/s1. The van der Waals surface area contributed by atoms with Crippen molar-refractivity contribution in [3.05, 3.63) is 59.9 Å². The average Bonchev–Trinajstić information content (AvgIpc) is 3.19. The zero-order valence-corrected chi connectivity index (χ0v) is 16.2. The van der Waals surface area contributed by atoms with Crippen LogP contribution in [0.2, 0.25) is 0 Å². The molecule has 6 heteroatoms. The molecular formula is C22H25N3O3. The van der Waals surface area contributed by atoms with Gasteiger partial charge >= 0.3 is 0 Å². The normalized spacial score (nSPS) is 17.2. The van der Waals surface area contributed by atoms with E-state index in [1.54, 1.807) is 7.11 Å². The number of methoxy groups -OCH3 is 1. The van der Waals surface area contributed by atoms with E-state index in [1.165, 1.54) is 0 Å². The van der Waals surface area contributed by atoms with Crippen molar-refractivity contribution >= 4 is 16.9 Å². The lowest BCUT2D eigenvalue weighted by Crippen LogP contribution is -2.48. The highest BCUT2D eigenvalue weighted by molar-refractivity contribution is 5.88. The summed E-state index contributed by atoms with van der Waals surface area (Å²) in [5, 5.41) is 3.18. The van der Waals surface area contributed by atoms with Crippen LogP contribution in [0.25, 0.3) is 11.0 Å². The van der Waals surface area contributed by atoms with Crippen LogP contribution in [0.5, 0.6) is 5.75 Å². The molecule has 2 N–H and O–H groups in total. The molecule has 1 aliphatic heterocycles. The van der Waals surface area contributed by atoms with Crippen molar-refractivity contribution < 1.29 is 14.3 Å². The molecule has 1 saturated heterocycles. The molecule has 1 amide bonds. The van der Waals surface area contributed by atoms with Crippen LogP contribution in [0.4, 0.5) is 0 Å². The van der Waals surface area contributed by atoms with Gasteiger partial charge in [0.1, 0.15) is 11.6 Å². The number of hydrogen-bond donors (Lipinski definition) is 2. The summed E-state index contributed by atoms with van der Waals surface area (Å²) in [6, 6.07) is 15.4. The van der Waals surface area contributed by atoms with Gasteiger partial charge in [-0.1, -0.05) is 24.3 Å². The van der Waals surface area contributed by atoms with Crippen LogP contribution in [0.1, 0.15) is 37.2 Å². The topological polar surface area (TPSA) is 76.2 Å². The van der Waals surface area contributed by atoms with E-state index < -0.39 is 5.41 Å². The molecular weight excluding hydrogens is 354 g/mol. The molecule has 28 heavy (non-hydrogen) atoms. The quantitative estimate of drug-likeness (QED) is 0.711. The second kappa shape index (κ2) is 7.64. The van der Waals surface area contributed by atoms with Gasteiger partial charge in [0.25, 0.3) is 0 Å². The maximum absolute atomic E-state index is 13.4. The number of H-pyrrole nitrogens is 1. The number of imidazole rings is 1. The predicted octanol–water partition coefficient (Wildman–Crippen LogP) is 3.50. The highest BCUT2D eigenvalue weighted by Gasteiger charge is 2.42. The van der Waals surface area contributed by atoms with Crippen LogP contribution in [0.3, 0.4) is 0 Å². The van der Waals surface area contributed by atoms with E-state index in [9.17, 15) is 4.79 Å². The van der Waals surface area contributed by atoms with Gasteiger partial charge in [0.15, 0.2) is 0 Å². The Bertz CT molecular complexity index is 926. The molecule has 1 aromatic heterocycles. The van der Waals surface area contributed by atoms with Crippen LogP contribution in [0, 0.1) is 0 Å². The molecule has 1 fully saturated rings. The summed E-state index contributed by atoms with van der Waals surface area (Å²) in [6.07, 6.45) is 1.30. The van der Waals surface area contributed by atoms with Crippen molar-refractivity contribution in [3.8, 4) is 5.75 Å². The Morgan fingerprint density at radius 3 is 2.57 bits per heavy atom. The fraction of sp³-hybridized carbons (Fsp3) is 0.364. The molecule has 0 radical (unpaired) electrons. The second-order valence-corrected chi connectivity index (χ2v) is 7.26. The smallest absolute Gasteiger partial charge is 0.231 e. The molecule has 146 valence electrons. The van der Waals surface area contributed by atoms with E-state index in [2.05, 4.69) is 15.3 Å². The first kappa shape index (κ1) is 18.5. The maximum atomic E-state index is 13.4. The number of hydrogen-bond acceptors (Lipinski definition) is 4. The molecule has 0 unspecified atom stereocenters. The summed E-state index contributed by atoms with van der Waals surface area (Å²) in [5.41, 5.74) is 2.25. The van der Waals surface area contributed by atoms with Gasteiger partial charge in [-0.25, -0.2) is 4.98 Å². The minimum absolute atomic E-state index is 0.00826. The first-order valence-electron chi connectivity index (χ1n) is 9.60. The van der Waals surface area contributed by atoms with Gasteiger partial charge in [0.2, 0.25) is 5.91 Å². The zero-order valence-electron chi connectivity index (χ0n) is 16.2. The van der Waals surface area contributed by atoms with Gasteiger partial charge in [0, 0.05) is 13.2 Å². The van der Waals surface area contributed by atoms with E-state index in [1.807, 2.05) is 55.5 Å². The number of aromatic amines is 1. The number of fused-ring (bicyclic) bond motifs is 1. The summed E-state index contributed by atoms with van der Waals surface area (Å²) in [7, 11) is 1.64. The van der Waals surface area contributed by atoms with Crippen molar-refractivity contribution in [2.45, 2.75) is 31.2 Å². The fourth-order valence-electron chi connectivity index (χ4n) is 3.86. The first-order valence-corrected chi connectivity index (χ1v) is 9.60. The number of carbonyl (C=O) groups is 1. The Morgan fingerprint density at radius 2 is 1.89 bits per heavy atom. The Hall–Kier alpha value is -2.86. The van der Waals surface area contributed by atoms with Crippen LogP contribution in [-0.2, 0) is 14.9 Å². The second-order valence-electron chi connectivity index (χ2n) is 7.26. The molecule has 0 saturated carbocycles. The summed E-state index contributed by atoms with van der Waals surface area (Å²) in [6.45, 7) is 3.09. The summed E-state index contributed by atoms with van der Waals surface area (Å²) >= 11 is 0. The lowest BCUT2D eigenvalue weighted by molar-refractivity contribution is -0.131. The predicted molar refractivity (Wildman–Crippen MR) is 107 cm³/mol. The largest absolute Gasteiger partial charge is 0.497 e. The van der Waals surface area contributed by atoms with Crippen LogP contribution in [-0.4, -0.2) is 36.2 Å². The molecule has 3 aromatic rings. The van der Waals surface area contributed by atoms with E-state index in [0.29, 0.717) is 26.1 Å². The SMILES string of the molecule is COc1ccc(C2(C(=O)N[C@@H](C)c3nc4ccccc4[nH]3)CCOCC2)cc1. The van der Waals surface area contributed by atoms with Gasteiger partial charge in [-0.2, -0.15) is 0 Å². The molecule has 1 aliphatic rings. The highest BCUT2D eigenvalue weighted by atomic mass is 16.5. The first-order chi connectivity index (χ1) is 13.6. The monoisotopic (exact) mass is 379 g/mol. The third-order valence-corrected chi connectivity index (χ3v) is 5.59. The molecule has 6 nitrogen and oxygen atoms in total. The number of carbonyl (C=O) groups excluding carboxylic acids is 1. The van der Waals surface area contributed by atoms with Gasteiger partial charge in [0.05, 0.1) is 29.6 Å². The average molecular weight is 379 g/mol. The van der Waals surface area contributed by atoms with Gasteiger partial charge < -0.3 is 19.8 Å². The van der Waals surface area contributed by atoms with E-state index in [-0.39, 0.29) is 11.9 Å². The molecule has 4 rings (SSSR count). The third-order valence-electron chi connectivity index (χ3n) is 5.59. The number of rotatable bonds is 5. The summed E-state index contributed by atoms with van der Waals surface area (Å²) < 4.78 is 10.8. The van der Waals surface area contributed by atoms with Crippen molar-refractivity contribution in [2.75, 3.05) is 20.3 Å². The van der Waals surface area contributed by atoms with Crippen LogP contribution in [0.15, 0.2) is 48.5 Å². The molecule has 0 spiro atoms. The Labute approximate surface area is 164 Å². The Morgan fingerprint density at radius 1 is 1.18 bits per heavy atom. The van der Waals surface area contributed by atoms with Crippen molar-refractivity contribution in [2.24, 2.45) is 0 Å². The van der Waals surface area contributed by atoms with Gasteiger partial charge in [-0.15, -0.1) is 0 Å². The third kappa shape index (κ3) is 3.36. The summed E-state index contributed by atoms with van der Waals surface area (Å²) in [5.74, 6) is 1.54. The van der Waals surface area contributed by atoms with Crippen LogP contribution >= 0.6 is 0 Å². The Kier molecular flexibility index (Phi) is 5.05. The highest BCUT2D eigenvalue weighted by Crippen LogP contribution is 2.36. The lowest BCUT2D eigenvalue weighted by atomic mass is 9.73. The number of nitrogens with one attached hydrogen (secondary N) is 2. The maximum Gasteiger partial charge on any atom is 0.231 e. The van der Waals surface area contributed by atoms with Crippen molar-refractivity contribution in [1.82, 2.24) is 15.3 Å². The molecule has 0 bridgehead atoms. The van der Waals surface area contributed by atoms with E-state index in [0.717, 1.165) is 28.2 Å². The Balaban J connectivity index is 1.59. The summed E-state index contributed by atoms with van der Waals surface area (Å²) in [4.78, 5) is 21.4. The number of ether oxygens (including phenoxy) is 2. The van der Waals surface area contributed by atoms with Crippen molar-refractivity contribution in [1.29, 1.82) is 0 Å². The minimum Gasteiger partial charge on any atom is -0.497 e. The number of amides is 1. The van der Waals surface area contributed by atoms with Gasteiger partial charge in [-0.05, 0) is 49.6 Å². The van der Waals surface area contributed by atoms with Gasteiger partial charge in [-0.3, -0.25) is 4.79 Å². The molecule has 2 aromatic carbocycles. The minimum atomic E-state index is -0.606. The number of benzene rings is 2. The molecule has 2 heterocycles. The lowest BCUT2D eigenvalue weighted by Gasteiger charge is -2.37. The number of para-hydroxylation sites is 2. The zero-order chi connectivity index (χ0) is 19.6. The fourth-order valence-corrected chi connectivity index (χ4v) is 3.86. The molecule has 0 aliphatic carbocycles. The molecule has 1 atom stereocenters. The van der Waals surface area contributed by atoms with E-state index in [4.69, 9.17) is 9.47 Å². The van der Waals surface area contributed by atoms with Crippen molar-refractivity contribution in [3.63, 3.8) is 0 Å². The number of aromatic nitrogens is 2. The van der Waals surface area contributed by atoms with Crippen LogP contribution < -0.4 is 10.1 Å². The number of nitrogens with zero attached hydrogens (tertiary/aromatic N) is 1.